The summed E-state index contributed by atoms with van der Waals surface area (Å²) in [6, 6.07) is 13.8. The van der Waals surface area contributed by atoms with Crippen LogP contribution in [0.25, 0.3) is 0 Å². The predicted molar refractivity (Wildman–Crippen MR) is 127 cm³/mol. The molecule has 0 aromatic heterocycles. The molecule has 168 valence electrons. The molecule has 2 aromatic carbocycles. The van der Waals surface area contributed by atoms with Crippen molar-refractivity contribution in [3.8, 4) is 0 Å². The minimum atomic E-state index is -0.373. The van der Waals surface area contributed by atoms with Crippen molar-refractivity contribution in [1.29, 1.82) is 0 Å². The quantitative estimate of drug-likeness (QED) is 0.245. The first-order valence-corrected chi connectivity index (χ1v) is 11.8. The number of nitrogens with zero attached hydrogens (tertiary/aromatic N) is 2. The Hall–Kier alpha value is -2.41. The highest BCUT2D eigenvalue weighted by atomic mass is 32.2. The van der Waals surface area contributed by atoms with Crippen molar-refractivity contribution in [2.24, 2.45) is 11.8 Å². The maximum absolute atomic E-state index is 11.0. The molecule has 0 saturated carbocycles. The van der Waals surface area contributed by atoms with Gasteiger partial charge in [-0.3, -0.25) is 20.2 Å². The van der Waals surface area contributed by atoms with E-state index in [0.29, 0.717) is 11.8 Å². The summed E-state index contributed by atoms with van der Waals surface area (Å²) in [4.78, 5) is 21.3. The molecule has 0 unspecified atom stereocenters. The standard InChI is InChI=1S/C24H32N2O4S/c1-17(2)5-15-23(19-7-11-21(12-8-19)25(27)28)31-24(16-6-18(3)4)20-9-13-22(14-10-20)26(29)30/h7-14,17-18,23-24H,5-6,15-16H2,1-4H3/t23-,24-/m0/s1. The fourth-order valence-electron chi connectivity index (χ4n) is 3.42. The first kappa shape index (κ1) is 24.9. The minimum Gasteiger partial charge on any atom is -0.258 e. The molecule has 0 aliphatic rings. The smallest absolute Gasteiger partial charge is 0.258 e. The zero-order valence-electron chi connectivity index (χ0n) is 18.7. The third-order valence-electron chi connectivity index (χ3n) is 5.29. The van der Waals surface area contributed by atoms with Crippen LogP contribution < -0.4 is 0 Å². The second-order valence-electron chi connectivity index (χ2n) is 8.75. The molecule has 0 heterocycles. The van der Waals surface area contributed by atoms with E-state index in [1.807, 2.05) is 36.0 Å². The highest BCUT2D eigenvalue weighted by Crippen LogP contribution is 2.46. The fraction of sp³-hybridized carbons (Fsp3) is 0.500. The number of hydrogen-bond acceptors (Lipinski definition) is 5. The van der Waals surface area contributed by atoms with Gasteiger partial charge in [-0.1, -0.05) is 52.0 Å². The maximum atomic E-state index is 11.0. The largest absolute Gasteiger partial charge is 0.269 e. The van der Waals surface area contributed by atoms with Crippen LogP contribution in [0.5, 0.6) is 0 Å². The third-order valence-corrected chi connectivity index (χ3v) is 6.97. The van der Waals surface area contributed by atoms with Crippen molar-refractivity contribution in [1.82, 2.24) is 0 Å². The van der Waals surface area contributed by atoms with E-state index >= 15 is 0 Å². The van der Waals surface area contributed by atoms with Crippen LogP contribution in [0.4, 0.5) is 11.4 Å². The number of hydrogen-bond donors (Lipinski definition) is 0. The van der Waals surface area contributed by atoms with Gasteiger partial charge in [-0.25, -0.2) is 0 Å². The van der Waals surface area contributed by atoms with Gasteiger partial charge in [-0.2, -0.15) is 0 Å². The number of rotatable bonds is 12. The predicted octanol–water partition coefficient (Wildman–Crippen LogP) is 7.89. The van der Waals surface area contributed by atoms with E-state index in [0.717, 1.165) is 36.8 Å². The van der Waals surface area contributed by atoms with Crippen molar-refractivity contribution in [2.75, 3.05) is 0 Å². The zero-order chi connectivity index (χ0) is 23.0. The molecule has 0 aliphatic heterocycles. The summed E-state index contributed by atoms with van der Waals surface area (Å²) in [6.45, 7) is 8.79. The highest BCUT2D eigenvalue weighted by Gasteiger charge is 2.22. The van der Waals surface area contributed by atoms with Crippen molar-refractivity contribution in [2.45, 2.75) is 63.9 Å². The van der Waals surface area contributed by atoms with Gasteiger partial charge in [0.2, 0.25) is 0 Å². The van der Waals surface area contributed by atoms with E-state index < -0.39 is 0 Å². The molecule has 7 heteroatoms. The molecule has 2 atom stereocenters. The first-order valence-electron chi connectivity index (χ1n) is 10.8. The lowest BCUT2D eigenvalue weighted by Crippen LogP contribution is -2.04. The number of non-ortho nitro benzene ring substituents is 2. The molecular weight excluding hydrogens is 412 g/mol. The molecule has 0 radical (unpaired) electrons. The monoisotopic (exact) mass is 444 g/mol. The summed E-state index contributed by atoms with van der Waals surface area (Å²) in [5, 5.41) is 22.5. The summed E-state index contributed by atoms with van der Waals surface area (Å²) < 4.78 is 0. The lowest BCUT2D eigenvalue weighted by atomic mass is 10.0. The van der Waals surface area contributed by atoms with E-state index in [1.165, 1.54) is 0 Å². The van der Waals surface area contributed by atoms with Gasteiger partial charge in [0.1, 0.15) is 0 Å². The molecule has 0 N–H and O–H groups in total. The van der Waals surface area contributed by atoms with Gasteiger partial charge in [-0.15, -0.1) is 11.8 Å². The van der Waals surface area contributed by atoms with Crippen LogP contribution in [-0.4, -0.2) is 9.85 Å². The van der Waals surface area contributed by atoms with Crippen LogP contribution in [0.15, 0.2) is 48.5 Å². The van der Waals surface area contributed by atoms with E-state index in [1.54, 1.807) is 24.3 Å². The van der Waals surface area contributed by atoms with Crippen LogP contribution in [0.3, 0.4) is 0 Å². The van der Waals surface area contributed by atoms with Gasteiger partial charge in [0, 0.05) is 34.8 Å². The molecular formula is C24H32N2O4S. The number of nitro benzene ring substituents is 2. The van der Waals surface area contributed by atoms with Crippen molar-refractivity contribution < 1.29 is 9.85 Å². The lowest BCUT2D eigenvalue weighted by Gasteiger charge is -2.25. The summed E-state index contributed by atoms with van der Waals surface area (Å²) in [5.41, 5.74) is 2.38. The van der Waals surface area contributed by atoms with Crippen LogP contribution >= 0.6 is 11.8 Å². The molecule has 2 rings (SSSR count). The topological polar surface area (TPSA) is 86.3 Å². The normalized spacial score (nSPS) is 13.4. The van der Waals surface area contributed by atoms with E-state index in [2.05, 4.69) is 27.7 Å². The molecule has 0 spiro atoms. The van der Waals surface area contributed by atoms with E-state index in [-0.39, 0.29) is 31.7 Å². The number of nitro groups is 2. The molecule has 31 heavy (non-hydrogen) atoms. The van der Waals surface area contributed by atoms with Gasteiger partial charge >= 0.3 is 0 Å². The zero-order valence-corrected chi connectivity index (χ0v) is 19.5. The van der Waals surface area contributed by atoms with Crippen molar-refractivity contribution >= 4 is 23.1 Å². The van der Waals surface area contributed by atoms with Gasteiger partial charge in [-0.05, 0) is 48.6 Å². The molecule has 2 aromatic rings. The second kappa shape index (κ2) is 11.8. The molecule has 0 saturated heterocycles. The Morgan fingerprint density at radius 3 is 1.23 bits per heavy atom. The Kier molecular flexibility index (Phi) is 9.49. The second-order valence-corrected chi connectivity index (χ2v) is 10.2. The number of benzene rings is 2. The SMILES string of the molecule is CC(C)CC[C@H](S[C@@H](CCC(C)C)c1ccc([N+](=O)[O-])cc1)c1ccc([N+](=O)[O-])cc1. The Morgan fingerprint density at radius 1 is 0.645 bits per heavy atom. The first-order chi connectivity index (χ1) is 14.7. The van der Waals surface area contributed by atoms with Gasteiger partial charge < -0.3 is 0 Å². The molecule has 6 nitrogen and oxygen atoms in total. The van der Waals surface area contributed by atoms with Crippen LogP contribution in [-0.2, 0) is 0 Å². The molecule has 0 fully saturated rings. The maximum Gasteiger partial charge on any atom is 0.269 e. The lowest BCUT2D eigenvalue weighted by molar-refractivity contribution is -0.385. The van der Waals surface area contributed by atoms with Crippen molar-refractivity contribution in [3.05, 3.63) is 79.9 Å². The van der Waals surface area contributed by atoms with Crippen LogP contribution in [0.1, 0.15) is 75.0 Å². The van der Waals surface area contributed by atoms with Gasteiger partial charge in [0.05, 0.1) is 9.85 Å². The minimum absolute atomic E-state index is 0.100. The van der Waals surface area contributed by atoms with Gasteiger partial charge in [0.15, 0.2) is 0 Å². The summed E-state index contributed by atoms with van der Waals surface area (Å²) in [5.74, 6) is 1.13. The Labute approximate surface area is 188 Å². The average Bonchev–Trinajstić information content (AvgIpc) is 2.73. The number of thioether (sulfide) groups is 1. The molecule has 0 amide bonds. The molecule has 0 aliphatic carbocycles. The van der Waals surface area contributed by atoms with E-state index in [4.69, 9.17) is 0 Å². The van der Waals surface area contributed by atoms with Crippen molar-refractivity contribution in [3.63, 3.8) is 0 Å². The molecule has 0 bridgehead atoms. The van der Waals surface area contributed by atoms with Gasteiger partial charge in [0.25, 0.3) is 11.4 Å². The summed E-state index contributed by atoms with van der Waals surface area (Å²) in [6.07, 6.45) is 4.08. The van der Waals surface area contributed by atoms with Crippen LogP contribution in [0, 0.1) is 32.1 Å². The summed E-state index contributed by atoms with van der Waals surface area (Å²) in [7, 11) is 0. The van der Waals surface area contributed by atoms with E-state index in [9.17, 15) is 20.2 Å². The summed E-state index contributed by atoms with van der Waals surface area (Å²) >= 11 is 1.87. The average molecular weight is 445 g/mol. The Bertz CT molecular complexity index is 779. The Morgan fingerprint density at radius 2 is 0.968 bits per heavy atom. The third kappa shape index (κ3) is 7.98. The van der Waals surface area contributed by atoms with Crippen LogP contribution in [0.2, 0.25) is 0 Å². The Balaban J connectivity index is 2.30. The highest BCUT2D eigenvalue weighted by molar-refractivity contribution is 7.99. The fourth-order valence-corrected chi connectivity index (χ4v) is 4.99.